The highest BCUT2D eigenvalue weighted by Crippen LogP contribution is 2.21. The van der Waals surface area contributed by atoms with Crippen molar-refractivity contribution in [3.8, 4) is 0 Å². The van der Waals surface area contributed by atoms with Gasteiger partial charge in [0.2, 0.25) is 0 Å². The first-order valence-electron chi connectivity index (χ1n) is 5.87. The number of nitrogens with one attached hydrogen (secondary N) is 1. The molecule has 1 saturated heterocycles. The van der Waals surface area contributed by atoms with Gasteiger partial charge in [-0.3, -0.25) is 9.20 Å². The standard InChI is InChI=1S/C12H15N3OS/c1-12(3-2-4-13-12)10(16)7-9-8-15-5-6-17-11(15)14-9/h5-6,8,13H,2-4,7H2,1H3. The third-order valence-electron chi connectivity index (χ3n) is 3.47. The van der Waals surface area contributed by atoms with E-state index in [0.29, 0.717) is 6.42 Å². The van der Waals surface area contributed by atoms with E-state index in [2.05, 4.69) is 10.3 Å². The first-order chi connectivity index (χ1) is 8.17. The van der Waals surface area contributed by atoms with Gasteiger partial charge in [-0.05, 0) is 26.3 Å². The molecule has 0 radical (unpaired) electrons. The lowest BCUT2D eigenvalue weighted by atomic mass is 9.92. The van der Waals surface area contributed by atoms with Crippen LogP contribution in [-0.4, -0.2) is 27.3 Å². The number of rotatable bonds is 3. The Bertz CT molecular complexity index is 522. The van der Waals surface area contributed by atoms with Crippen LogP contribution < -0.4 is 5.32 Å². The lowest BCUT2D eigenvalue weighted by Crippen LogP contribution is -2.45. The van der Waals surface area contributed by atoms with Gasteiger partial charge in [-0.25, -0.2) is 4.98 Å². The molecular formula is C12H15N3OS. The number of aromatic nitrogens is 2. The van der Waals surface area contributed by atoms with Crippen molar-refractivity contribution in [3.63, 3.8) is 0 Å². The average Bonchev–Trinajstić information content (AvgIpc) is 2.93. The minimum Gasteiger partial charge on any atom is -0.305 e. The summed E-state index contributed by atoms with van der Waals surface area (Å²) in [4.78, 5) is 17.6. The molecular weight excluding hydrogens is 234 g/mol. The molecule has 0 aromatic carbocycles. The summed E-state index contributed by atoms with van der Waals surface area (Å²) in [5.41, 5.74) is 0.536. The van der Waals surface area contributed by atoms with Crippen LogP contribution in [0, 0.1) is 0 Å². The molecule has 1 aliphatic heterocycles. The van der Waals surface area contributed by atoms with E-state index in [1.165, 1.54) is 0 Å². The Kier molecular flexibility index (Phi) is 2.52. The highest BCUT2D eigenvalue weighted by molar-refractivity contribution is 7.15. The molecule has 17 heavy (non-hydrogen) atoms. The van der Waals surface area contributed by atoms with Crippen molar-refractivity contribution in [1.29, 1.82) is 0 Å². The van der Waals surface area contributed by atoms with E-state index < -0.39 is 0 Å². The van der Waals surface area contributed by atoms with Crippen molar-refractivity contribution in [2.45, 2.75) is 31.7 Å². The number of nitrogens with zero attached hydrogens (tertiary/aromatic N) is 2. The van der Waals surface area contributed by atoms with Crippen LogP contribution in [0.5, 0.6) is 0 Å². The van der Waals surface area contributed by atoms with E-state index in [0.717, 1.165) is 30.0 Å². The fourth-order valence-electron chi connectivity index (χ4n) is 2.35. The maximum atomic E-state index is 12.2. The second kappa shape index (κ2) is 3.92. The number of ketones is 1. The van der Waals surface area contributed by atoms with Crippen molar-refractivity contribution < 1.29 is 4.79 Å². The Morgan fingerprint density at radius 2 is 2.59 bits per heavy atom. The molecule has 0 aliphatic carbocycles. The van der Waals surface area contributed by atoms with Gasteiger partial charge >= 0.3 is 0 Å². The molecule has 0 spiro atoms. The van der Waals surface area contributed by atoms with Crippen LogP contribution in [0.1, 0.15) is 25.5 Å². The normalized spacial score (nSPS) is 24.5. The van der Waals surface area contributed by atoms with Crippen LogP contribution in [0.3, 0.4) is 0 Å². The van der Waals surface area contributed by atoms with Gasteiger partial charge in [-0.2, -0.15) is 0 Å². The number of imidazole rings is 1. The molecule has 5 heteroatoms. The number of fused-ring (bicyclic) bond motifs is 1. The molecule has 1 unspecified atom stereocenters. The fourth-order valence-corrected chi connectivity index (χ4v) is 3.07. The lowest BCUT2D eigenvalue weighted by Gasteiger charge is -2.21. The van der Waals surface area contributed by atoms with Crippen LogP contribution >= 0.6 is 11.3 Å². The molecule has 3 rings (SSSR count). The Balaban J connectivity index is 1.78. The van der Waals surface area contributed by atoms with Gasteiger partial charge in [-0.15, -0.1) is 11.3 Å². The van der Waals surface area contributed by atoms with Gasteiger partial charge < -0.3 is 5.32 Å². The first kappa shape index (κ1) is 10.9. The molecule has 4 nitrogen and oxygen atoms in total. The van der Waals surface area contributed by atoms with E-state index in [1.54, 1.807) is 11.3 Å². The van der Waals surface area contributed by atoms with E-state index in [-0.39, 0.29) is 11.3 Å². The molecule has 90 valence electrons. The second-order valence-corrected chi connectivity index (χ2v) is 5.66. The fraction of sp³-hybridized carbons (Fsp3) is 0.500. The monoisotopic (exact) mass is 249 g/mol. The van der Waals surface area contributed by atoms with E-state index >= 15 is 0 Å². The maximum Gasteiger partial charge on any atom is 0.193 e. The van der Waals surface area contributed by atoms with E-state index in [9.17, 15) is 4.79 Å². The zero-order chi connectivity index (χ0) is 11.9. The van der Waals surface area contributed by atoms with Crippen molar-refractivity contribution >= 4 is 22.1 Å². The summed E-state index contributed by atoms with van der Waals surface area (Å²) in [5.74, 6) is 0.251. The summed E-state index contributed by atoms with van der Waals surface area (Å²) < 4.78 is 1.97. The Hall–Kier alpha value is -1.20. The van der Waals surface area contributed by atoms with Crippen LogP contribution in [0.15, 0.2) is 17.8 Å². The van der Waals surface area contributed by atoms with Crippen molar-refractivity contribution in [1.82, 2.24) is 14.7 Å². The molecule has 1 N–H and O–H groups in total. The predicted octanol–water partition coefficient (Wildman–Crippen LogP) is 1.65. The highest BCUT2D eigenvalue weighted by atomic mass is 32.1. The average molecular weight is 249 g/mol. The quantitative estimate of drug-likeness (QED) is 0.899. The Labute approximate surface area is 104 Å². The Morgan fingerprint density at radius 3 is 3.29 bits per heavy atom. The molecule has 2 aromatic heterocycles. The lowest BCUT2D eigenvalue weighted by molar-refractivity contribution is -0.123. The van der Waals surface area contributed by atoms with Gasteiger partial charge in [0.05, 0.1) is 17.7 Å². The summed E-state index contributed by atoms with van der Waals surface area (Å²) in [6.45, 7) is 2.95. The molecule has 0 bridgehead atoms. The number of thiazole rings is 1. The summed E-state index contributed by atoms with van der Waals surface area (Å²) in [6.07, 6.45) is 6.37. The minimum absolute atomic E-state index is 0.251. The zero-order valence-electron chi connectivity index (χ0n) is 9.77. The van der Waals surface area contributed by atoms with Crippen LogP contribution in [0.2, 0.25) is 0 Å². The summed E-state index contributed by atoms with van der Waals surface area (Å²) in [6, 6.07) is 0. The topological polar surface area (TPSA) is 46.4 Å². The van der Waals surface area contributed by atoms with Crippen LogP contribution in [0.25, 0.3) is 4.96 Å². The van der Waals surface area contributed by atoms with Crippen molar-refractivity contribution in [2.24, 2.45) is 0 Å². The van der Waals surface area contributed by atoms with Crippen molar-refractivity contribution in [3.05, 3.63) is 23.5 Å². The Morgan fingerprint density at radius 1 is 1.71 bits per heavy atom. The molecule has 3 heterocycles. The first-order valence-corrected chi connectivity index (χ1v) is 6.75. The van der Waals surface area contributed by atoms with E-state index in [4.69, 9.17) is 0 Å². The highest BCUT2D eigenvalue weighted by Gasteiger charge is 2.35. The SMILES string of the molecule is CC1(C(=O)Cc2cn3ccsc3n2)CCCN1. The van der Waals surface area contributed by atoms with Gasteiger partial charge in [0.1, 0.15) is 0 Å². The number of hydrogen-bond acceptors (Lipinski definition) is 4. The van der Waals surface area contributed by atoms with Crippen molar-refractivity contribution in [2.75, 3.05) is 6.54 Å². The molecule has 1 atom stereocenters. The maximum absolute atomic E-state index is 12.2. The summed E-state index contributed by atoms with van der Waals surface area (Å²) >= 11 is 1.59. The third-order valence-corrected chi connectivity index (χ3v) is 4.24. The largest absolute Gasteiger partial charge is 0.305 e. The van der Waals surface area contributed by atoms with Gasteiger partial charge in [-0.1, -0.05) is 0 Å². The second-order valence-electron chi connectivity index (χ2n) is 4.79. The molecule has 1 aliphatic rings. The molecule has 0 amide bonds. The number of carbonyl (C=O) groups is 1. The van der Waals surface area contributed by atoms with Crippen LogP contribution in [-0.2, 0) is 11.2 Å². The third kappa shape index (κ3) is 1.89. The molecule has 1 fully saturated rings. The number of carbonyl (C=O) groups excluding carboxylic acids is 1. The summed E-state index contributed by atoms with van der Waals surface area (Å²) in [5, 5.41) is 5.29. The predicted molar refractivity (Wildman–Crippen MR) is 67.4 cm³/mol. The molecule has 2 aromatic rings. The number of hydrogen-bond donors (Lipinski definition) is 1. The van der Waals surface area contributed by atoms with Gasteiger partial charge in [0.15, 0.2) is 10.7 Å². The van der Waals surface area contributed by atoms with Crippen LogP contribution in [0.4, 0.5) is 0 Å². The zero-order valence-corrected chi connectivity index (χ0v) is 10.6. The number of Topliss-reactive ketones (excluding diaryl/α,β-unsaturated/α-hetero) is 1. The minimum atomic E-state index is -0.336. The summed E-state index contributed by atoms with van der Waals surface area (Å²) in [7, 11) is 0. The smallest absolute Gasteiger partial charge is 0.193 e. The van der Waals surface area contributed by atoms with Gasteiger partial charge in [0.25, 0.3) is 0 Å². The molecule has 0 saturated carbocycles. The van der Waals surface area contributed by atoms with Gasteiger partial charge in [0, 0.05) is 17.8 Å². The van der Waals surface area contributed by atoms with E-state index in [1.807, 2.05) is 29.1 Å².